The van der Waals surface area contributed by atoms with Gasteiger partial charge in [0.1, 0.15) is 39.3 Å². The summed E-state index contributed by atoms with van der Waals surface area (Å²) in [5, 5.41) is 0. The second-order valence-electron chi connectivity index (χ2n) is 8.36. The molecule has 27 heavy (non-hydrogen) atoms. The first-order chi connectivity index (χ1) is 13.3. The minimum absolute atomic E-state index is 0.898. The minimum atomic E-state index is 0.898. The van der Waals surface area contributed by atoms with Crippen molar-refractivity contribution in [1.29, 1.82) is 0 Å². The van der Waals surface area contributed by atoms with Crippen LogP contribution in [0.1, 0.15) is 24.0 Å². The van der Waals surface area contributed by atoms with E-state index >= 15 is 0 Å². The lowest BCUT2D eigenvalue weighted by atomic mass is 10.0. The van der Waals surface area contributed by atoms with E-state index < -0.39 is 0 Å². The summed E-state index contributed by atoms with van der Waals surface area (Å²) in [5.41, 5.74) is 2.94. The van der Waals surface area contributed by atoms with Crippen molar-refractivity contribution < 1.29 is 14.7 Å². The lowest BCUT2D eigenvalue weighted by Gasteiger charge is -2.37. The Morgan fingerprint density at radius 2 is 1.33 bits per heavy atom. The largest absolute Gasteiger partial charge is 0.331 e. The fraction of sp³-hybridized carbons (Fsp3) is 0.478. The molecule has 0 aromatic heterocycles. The first-order valence-corrected chi connectivity index (χ1v) is 11.4. The van der Waals surface area contributed by atoms with Gasteiger partial charge in [-0.25, -0.2) is 0 Å². The van der Waals surface area contributed by atoms with Crippen molar-refractivity contribution in [2.75, 3.05) is 39.3 Å². The summed E-state index contributed by atoms with van der Waals surface area (Å²) >= 11 is 3.71. The maximum atomic E-state index is 3.71. The van der Waals surface area contributed by atoms with E-state index in [0.29, 0.717) is 0 Å². The number of piperazine rings is 1. The Hall–Kier alpha value is -1.20. The van der Waals surface area contributed by atoms with E-state index in [0.717, 1.165) is 12.6 Å². The van der Waals surface area contributed by atoms with Crippen LogP contribution in [0.25, 0.3) is 0 Å². The Morgan fingerprint density at radius 3 is 2.04 bits per heavy atom. The molecule has 0 spiro atoms. The van der Waals surface area contributed by atoms with Gasteiger partial charge in [0, 0.05) is 28.4 Å². The molecule has 2 saturated heterocycles. The van der Waals surface area contributed by atoms with Crippen LogP contribution in [0.15, 0.2) is 59.1 Å². The van der Waals surface area contributed by atoms with Gasteiger partial charge in [-0.2, -0.15) is 0 Å². The molecule has 0 radical (unpaired) electrons. The first-order valence-electron chi connectivity index (χ1n) is 10.6. The molecule has 4 rings (SSSR count). The van der Waals surface area contributed by atoms with E-state index in [2.05, 4.69) is 70.5 Å². The highest BCUT2D eigenvalue weighted by atomic mass is 79.9. The second kappa shape index (κ2) is 9.33. The fourth-order valence-corrected chi connectivity index (χ4v) is 5.34. The molecule has 3 nitrogen and oxygen atoms in total. The summed E-state index contributed by atoms with van der Waals surface area (Å²) in [5.74, 6) is 0. The van der Waals surface area contributed by atoms with Gasteiger partial charge in [0.2, 0.25) is 0 Å². The summed E-state index contributed by atoms with van der Waals surface area (Å²) < 4.78 is 1.26. The van der Waals surface area contributed by atoms with Gasteiger partial charge in [0.15, 0.2) is 0 Å². The number of likely N-dealkylation sites (tertiary alicyclic amines) is 1. The number of benzene rings is 2. The lowest BCUT2D eigenvalue weighted by Crippen LogP contribution is -3.30. The molecule has 2 aliphatic heterocycles. The molecule has 0 amide bonds. The van der Waals surface area contributed by atoms with Crippen molar-refractivity contribution in [1.82, 2.24) is 0 Å². The van der Waals surface area contributed by atoms with Crippen LogP contribution in [0, 0.1) is 0 Å². The minimum Gasteiger partial charge on any atom is -0.331 e. The summed E-state index contributed by atoms with van der Waals surface area (Å²) in [6.07, 6.45) is 2.80. The average molecular weight is 431 g/mol. The molecule has 2 aromatic carbocycles. The smallest absolute Gasteiger partial charge is 0.127 e. The predicted octanol–water partition coefficient (Wildman–Crippen LogP) is -0.0200. The third-order valence-electron chi connectivity index (χ3n) is 6.56. The highest BCUT2D eigenvalue weighted by molar-refractivity contribution is 9.10. The van der Waals surface area contributed by atoms with Crippen molar-refractivity contribution >= 4 is 15.9 Å². The standard InChI is InChI=1S/C23H30BrN3/c24-23-9-5-4-8-21(23)19-26-14-16-27(17-15-26)22-10-12-25(13-11-22)18-20-6-2-1-3-7-20/h1-9,22H,10-19H2/p+3. The molecule has 3 N–H and O–H groups in total. The molecule has 4 heteroatoms. The molecule has 144 valence electrons. The van der Waals surface area contributed by atoms with E-state index in [9.17, 15) is 0 Å². The highest BCUT2D eigenvalue weighted by Crippen LogP contribution is 2.14. The topological polar surface area (TPSA) is 13.3 Å². The summed E-state index contributed by atoms with van der Waals surface area (Å²) in [6.45, 7) is 10.4. The number of quaternary nitrogens is 3. The normalized spacial score (nSPS) is 28.8. The van der Waals surface area contributed by atoms with E-state index in [1.165, 1.54) is 74.3 Å². The van der Waals surface area contributed by atoms with Gasteiger partial charge in [-0.05, 0) is 6.07 Å². The Bertz CT molecular complexity index is 705. The van der Waals surface area contributed by atoms with Gasteiger partial charge in [-0.1, -0.05) is 64.5 Å². The number of hydrogen-bond donors (Lipinski definition) is 3. The molecule has 2 aliphatic rings. The number of hydrogen-bond acceptors (Lipinski definition) is 0. The van der Waals surface area contributed by atoms with Gasteiger partial charge >= 0.3 is 0 Å². The molecular formula is C23H33BrN3+3. The third-order valence-corrected chi connectivity index (χ3v) is 7.34. The number of halogens is 1. The second-order valence-corrected chi connectivity index (χ2v) is 9.22. The van der Waals surface area contributed by atoms with Crippen LogP contribution in [-0.2, 0) is 13.1 Å². The van der Waals surface area contributed by atoms with Crippen molar-refractivity contribution in [3.05, 3.63) is 70.2 Å². The summed E-state index contributed by atoms with van der Waals surface area (Å²) in [7, 11) is 0. The van der Waals surface area contributed by atoms with Crippen LogP contribution < -0.4 is 14.7 Å². The van der Waals surface area contributed by atoms with Gasteiger partial charge in [-0.3, -0.25) is 0 Å². The monoisotopic (exact) mass is 430 g/mol. The van der Waals surface area contributed by atoms with Crippen LogP contribution in [0.3, 0.4) is 0 Å². The van der Waals surface area contributed by atoms with E-state index in [1.54, 1.807) is 9.80 Å². The molecule has 0 unspecified atom stereocenters. The Morgan fingerprint density at radius 1 is 0.704 bits per heavy atom. The van der Waals surface area contributed by atoms with Crippen LogP contribution >= 0.6 is 15.9 Å². The summed E-state index contributed by atoms with van der Waals surface area (Å²) in [6, 6.07) is 20.6. The van der Waals surface area contributed by atoms with Crippen LogP contribution in [0.5, 0.6) is 0 Å². The Labute approximate surface area is 172 Å². The zero-order chi connectivity index (χ0) is 18.5. The number of nitrogens with one attached hydrogen (secondary N) is 3. The molecule has 0 aliphatic carbocycles. The van der Waals surface area contributed by atoms with Crippen LogP contribution in [-0.4, -0.2) is 45.3 Å². The molecule has 0 bridgehead atoms. The quantitative estimate of drug-likeness (QED) is 0.589. The first kappa shape index (κ1) is 19.1. The van der Waals surface area contributed by atoms with E-state index in [4.69, 9.17) is 0 Å². The van der Waals surface area contributed by atoms with E-state index in [-0.39, 0.29) is 0 Å². The van der Waals surface area contributed by atoms with Gasteiger partial charge in [-0.15, -0.1) is 0 Å². The molecule has 2 fully saturated rings. The zero-order valence-electron chi connectivity index (χ0n) is 16.2. The molecular weight excluding hydrogens is 398 g/mol. The maximum absolute atomic E-state index is 3.71. The number of rotatable bonds is 5. The van der Waals surface area contributed by atoms with Crippen molar-refractivity contribution in [2.45, 2.75) is 32.0 Å². The molecule has 2 aromatic rings. The Balaban J connectivity index is 1.21. The van der Waals surface area contributed by atoms with Crippen LogP contribution in [0.4, 0.5) is 0 Å². The molecule has 0 saturated carbocycles. The maximum Gasteiger partial charge on any atom is 0.127 e. The van der Waals surface area contributed by atoms with Crippen molar-refractivity contribution in [2.24, 2.45) is 0 Å². The highest BCUT2D eigenvalue weighted by Gasteiger charge is 2.33. The van der Waals surface area contributed by atoms with Crippen LogP contribution in [0.2, 0.25) is 0 Å². The lowest BCUT2D eigenvalue weighted by molar-refractivity contribution is -1.04. The van der Waals surface area contributed by atoms with Gasteiger partial charge < -0.3 is 14.7 Å². The zero-order valence-corrected chi connectivity index (χ0v) is 17.8. The van der Waals surface area contributed by atoms with Gasteiger partial charge in [0.25, 0.3) is 0 Å². The SMILES string of the molecule is Brc1ccccc1C[NH+]1CC[NH+](C2CC[NH+](Cc3ccccc3)CC2)CC1. The van der Waals surface area contributed by atoms with Crippen molar-refractivity contribution in [3.8, 4) is 0 Å². The number of piperidine rings is 1. The average Bonchev–Trinajstić information content (AvgIpc) is 2.72. The predicted molar refractivity (Wildman–Crippen MR) is 113 cm³/mol. The van der Waals surface area contributed by atoms with Crippen molar-refractivity contribution in [3.63, 3.8) is 0 Å². The fourth-order valence-electron chi connectivity index (χ4n) is 4.92. The third kappa shape index (κ3) is 5.20. The molecule has 0 atom stereocenters. The summed E-state index contributed by atoms with van der Waals surface area (Å²) in [4.78, 5) is 5.40. The van der Waals surface area contributed by atoms with Gasteiger partial charge in [0.05, 0.1) is 19.1 Å². The van der Waals surface area contributed by atoms with E-state index in [1.807, 2.05) is 4.90 Å². The Kier molecular flexibility index (Phi) is 6.61. The molecule has 2 heterocycles.